The molecular formula is C12H17NO4. The van der Waals surface area contributed by atoms with E-state index in [2.05, 4.69) is 5.32 Å². The molecule has 0 unspecified atom stereocenters. The van der Waals surface area contributed by atoms with Crippen molar-refractivity contribution >= 4 is 17.6 Å². The molecule has 1 rings (SSSR count). The smallest absolute Gasteiger partial charge is 0.325 e. The van der Waals surface area contributed by atoms with Crippen LogP contribution in [0.4, 0.5) is 5.69 Å². The van der Waals surface area contributed by atoms with Gasteiger partial charge in [-0.25, -0.2) is 0 Å². The van der Waals surface area contributed by atoms with Crippen molar-refractivity contribution in [1.82, 2.24) is 0 Å². The molecule has 0 heterocycles. The van der Waals surface area contributed by atoms with Crippen molar-refractivity contribution in [3.05, 3.63) is 30.3 Å². The fourth-order valence-corrected chi connectivity index (χ4v) is 0.942. The van der Waals surface area contributed by atoms with Crippen molar-refractivity contribution < 1.29 is 19.4 Å². The normalized spacial score (nSPS) is 8.59. The Morgan fingerprint density at radius 2 is 1.82 bits per heavy atom. The molecule has 17 heavy (non-hydrogen) atoms. The molecule has 0 atom stereocenters. The zero-order chi connectivity index (χ0) is 13.1. The summed E-state index contributed by atoms with van der Waals surface area (Å²) in [6.07, 6.45) is 0. The standard InChI is InChI=1S/C10H13NO2.C2H4O2/c1-2-13-10(12)8-11-9-6-4-3-5-7-9;1-2(3)4/h3-7,11H,2,8H2,1H3;1H3,(H,3,4). The summed E-state index contributed by atoms with van der Waals surface area (Å²) in [5, 5.41) is 10.4. The molecule has 2 N–H and O–H groups in total. The summed E-state index contributed by atoms with van der Waals surface area (Å²) in [4.78, 5) is 19.9. The molecule has 0 fully saturated rings. The number of nitrogens with one attached hydrogen (secondary N) is 1. The molecular weight excluding hydrogens is 222 g/mol. The third-order valence-electron chi connectivity index (χ3n) is 1.52. The SMILES string of the molecule is CC(=O)O.CCOC(=O)CNc1ccccc1. The second-order valence-corrected chi connectivity index (χ2v) is 3.04. The maximum absolute atomic E-state index is 10.9. The largest absolute Gasteiger partial charge is 0.481 e. The maximum atomic E-state index is 10.9. The number of hydrogen-bond acceptors (Lipinski definition) is 4. The molecule has 1 aromatic carbocycles. The van der Waals surface area contributed by atoms with Crippen LogP contribution in [0.5, 0.6) is 0 Å². The molecule has 0 radical (unpaired) electrons. The minimum Gasteiger partial charge on any atom is -0.481 e. The Hall–Kier alpha value is -2.04. The summed E-state index contributed by atoms with van der Waals surface area (Å²) < 4.78 is 4.76. The first kappa shape index (κ1) is 15.0. The predicted molar refractivity (Wildman–Crippen MR) is 64.9 cm³/mol. The lowest BCUT2D eigenvalue weighted by Gasteiger charge is -2.04. The summed E-state index contributed by atoms with van der Waals surface area (Å²) in [5.41, 5.74) is 0.926. The third kappa shape index (κ3) is 10.2. The second kappa shape index (κ2) is 9.21. The quantitative estimate of drug-likeness (QED) is 0.783. The van der Waals surface area contributed by atoms with E-state index in [1.165, 1.54) is 0 Å². The monoisotopic (exact) mass is 239 g/mol. The number of ether oxygens (including phenoxy) is 1. The zero-order valence-electron chi connectivity index (χ0n) is 9.97. The van der Waals surface area contributed by atoms with Gasteiger partial charge in [-0.05, 0) is 19.1 Å². The van der Waals surface area contributed by atoms with Crippen LogP contribution in [0.1, 0.15) is 13.8 Å². The molecule has 94 valence electrons. The number of aliphatic carboxylic acids is 1. The molecule has 0 aliphatic rings. The van der Waals surface area contributed by atoms with Gasteiger partial charge in [-0.3, -0.25) is 9.59 Å². The fourth-order valence-electron chi connectivity index (χ4n) is 0.942. The number of hydrogen-bond donors (Lipinski definition) is 2. The first-order valence-electron chi connectivity index (χ1n) is 5.20. The number of esters is 1. The van der Waals surface area contributed by atoms with Crippen molar-refractivity contribution in [1.29, 1.82) is 0 Å². The number of rotatable bonds is 4. The van der Waals surface area contributed by atoms with Crippen molar-refractivity contribution in [2.24, 2.45) is 0 Å². The molecule has 5 heteroatoms. The Morgan fingerprint density at radius 1 is 1.29 bits per heavy atom. The minimum absolute atomic E-state index is 0.220. The average Bonchev–Trinajstić information content (AvgIpc) is 2.27. The first-order valence-corrected chi connectivity index (χ1v) is 5.20. The van der Waals surface area contributed by atoms with Gasteiger partial charge in [0.05, 0.1) is 6.61 Å². The van der Waals surface area contributed by atoms with E-state index in [-0.39, 0.29) is 12.5 Å². The Bertz CT molecular complexity index is 334. The van der Waals surface area contributed by atoms with Crippen LogP contribution in [-0.2, 0) is 14.3 Å². The summed E-state index contributed by atoms with van der Waals surface area (Å²) in [7, 11) is 0. The molecule has 0 aromatic heterocycles. The van der Waals surface area contributed by atoms with Gasteiger partial charge in [0.2, 0.25) is 0 Å². The lowest BCUT2D eigenvalue weighted by molar-refractivity contribution is -0.141. The molecule has 0 bridgehead atoms. The highest BCUT2D eigenvalue weighted by Crippen LogP contribution is 2.03. The predicted octanol–water partition coefficient (Wildman–Crippen LogP) is 1.75. The zero-order valence-corrected chi connectivity index (χ0v) is 9.97. The molecule has 0 amide bonds. The van der Waals surface area contributed by atoms with Crippen molar-refractivity contribution in [3.8, 4) is 0 Å². The second-order valence-electron chi connectivity index (χ2n) is 3.04. The maximum Gasteiger partial charge on any atom is 0.325 e. The van der Waals surface area contributed by atoms with Gasteiger partial charge in [0.15, 0.2) is 0 Å². The lowest BCUT2D eigenvalue weighted by atomic mass is 10.3. The Kier molecular flexibility index (Phi) is 8.10. The average molecular weight is 239 g/mol. The fraction of sp³-hybridized carbons (Fsp3) is 0.333. The molecule has 0 spiro atoms. The van der Waals surface area contributed by atoms with E-state index in [1.54, 1.807) is 6.92 Å². The van der Waals surface area contributed by atoms with Crippen molar-refractivity contribution in [2.45, 2.75) is 13.8 Å². The topological polar surface area (TPSA) is 75.6 Å². The van der Waals surface area contributed by atoms with Crippen LogP contribution in [0.2, 0.25) is 0 Å². The van der Waals surface area contributed by atoms with Gasteiger partial charge in [0.25, 0.3) is 5.97 Å². The highest BCUT2D eigenvalue weighted by atomic mass is 16.5. The highest BCUT2D eigenvalue weighted by Gasteiger charge is 1.99. The summed E-state index contributed by atoms with van der Waals surface area (Å²) >= 11 is 0. The van der Waals surface area contributed by atoms with Crippen LogP contribution in [0, 0.1) is 0 Å². The van der Waals surface area contributed by atoms with Gasteiger partial charge in [-0.1, -0.05) is 18.2 Å². The number of carbonyl (C=O) groups is 2. The lowest BCUT2D eigenvalue weighted by Crippen LogP contribution is -2.16. The Labute approximate surface area is 100 Å². The summed E-state index contributed by atoms with van der Waals surface area (Å²) in [6, 6.07) is 9.55. The van der Waals surface area contributed by atoms with E-state index in [0.717, 1.165) is 12.6 Å². The number of anilines is 1. The third-order valence-corrected chi connectivity index (χ3v) is 1.52. The van der Waals surface area contributed by atoms with E-state index in [1.807, 2.05) is 30.3 Å². The van der Waals surface area contributed by atoms with Gasteiger partial charge in [0.1, 0.15) is 6.54 Å². The van der Waals surface area contributed by atoms with Gasteiger partial charge in [0, 0.05) is 12.6 Å². The number of benzene rings is 1. The van der Waals surface area contributed by atoms with Crippen LogP contribution in [0.3, 0.4) is 0 Å². The van der Waals surface area contributed by atoms with Crippen molar-refractivity contribution in [2.75, 3.05) is 18.5 Å². The van der Waals surface area contributed by atoms with Crippen molar-refractivity contribution in [3.63, 3.8) is 0 Å². The first-order chi connectivity index (χ1) is 8.06. The molecule has 0 aliphatic heterocycles. The molecule has 0 aliphatic carbocycles. The van der Waals surface area contributed by atoms with Crippen LogP contribution in [-0.4, -0.2) is 30.2 Å². The summed E-state index contributed by atoms with van der Waals surface area (Å²) in [5.74, 6) is -1.06. The molecule has 0 saturated carbocycles. The van der Waals surface area contributed by atoms with Gasteiger partial charge in [-0.2, -0.15) is 0 Å². The molecule has 1 aromatic rings. The highest BCUT2D eigenvalue weighted by molar-refractivity contribution is 5.74. The number of carboxylic acids is 1. The summed E-state index contributed by atoms with van der Waals surface area (Å²) in [6.45, 7) is 3.52. The Morgan fingerprint density at radius 3 is 2.29 bits per heavy atom. The number of carboxylic acid groups (broad SMARTS) is 1. The van der Waals surface area contributed by atoms with E-state index < -0.39 is 5.97 Å². The molecule has 5 nitrogen and oxygen atoms in total. The van der Waals surface area contributed by atoms with Crippen LogP contribution >= 0.6 is 0 Å². The van der Waals surface area contributed by atoms with Gasteiger partial charge < -0.3 is 15.2 Å². The minimum atomic E-state index is -0.833. The van der Waals surface area contributed by atoms with Gasteiger partial charge >= 0.3 is 5.97 Å². The van der Waals surface area contributed by atoms with Gasteiger partial charge in [-0.15, -0.1) is 0 Å². The van der Waals surface area contributed by atoms with Crippen LogP contribution in [0.25, 0.3) is 0 Å². The Balaban J connectivity index is 0.000000557. The number of carbonyl (C=O) groups excluding carboxylic acids is 1. The van der Waals surface area contributed by atoms with Crippen LogP contribution < -0.4 is 5.32 Å². The number of para-hydroxylation sites is 1. The van der Waals surface area contributed by atoms with E-state index in [4.69, 9.17) is 14.6 Å². The van der Waals surface area contributed by atoms with Crippen LogP contribution in [0.15, 0.2) is 30.3 Å². The molecule has 0 saturated heterocycles. The van der Waals surface area contributed by atoms with E-state index in [9.17, 15) is 4.79 Å². The van der Waals surface area contributed by atoms with E-state index >= 15 is 0 Å². The van der Waals surface area contributed by atoms with E-state index in [0.29, 0.717) is 6.61 Å².